The lowest BCUT2D eigenvalue weighted by molar-refractivity contribution is 0.302. The summed E-state index contributed by atoms with van der Waals surface area (Å²) in [6.45, 7) is 1.40. The molecule has 0 amide bonds. The van der Waals surface area contributed by atoms with Crippen molar-refractivity contribution in [1.82, 2.24) is 28.7 Å². The summed E-state index contributed by atoms with van der Waals surface area (Å²) in [6, 6.07) is 7.47. The summed E-state index contributed by atoms with van der Waals surface area (Å²) in [7, 11) is 3.04. The summed E-state index contributed by atoms with van der Waals surface area (Å²) < 4.78 is 10.2. The third kappa shape index (κ3) is 3.22. The van der Waals surface area contributed by atoms with Crippen LogP contribution in [-0.4, -0.2) is 35.3 Å². The van der Waals surface area contributed by atoms with Gasteiger partial charge < -0.3 is 14.3 Å². The summed E-state index contributed by atoms with van der Waals surface area (Å²) in [5, 5.41) is 0. The Morgan fingerprint density at radius 2 is 2.04 bits per heavy atom. The van der Waals surface area contributed by atoms with Crippen LogP contribution >= 0.6 is 0 Å². The van der Waals surface area contributed by atoms with Gasteiger partial charge in [-0.15, -0.1) is 0 Å². The molecule has 144 valence electrons. The maximum atomic E-state index is 12.3. The van der Waals surface area contributed by atoms with Crippen molar-refractivity contribution in [3.8, 4) is 17.1 Å². The molecule has 0 aliphatic rings. The number of aromatic nitrogens is 6. The molecule has 4 rings (SSSR count). The lowest BCUT2D eigenvalue weighted by Gasteiger charge is -2.07. The molecule has 3 aromatic heterocycles. The minimum absolute atomic E-state index is 0.297. The normalized spacial score (nSPS) is 11.2. The summed E-state index contributed by atoms with van der Waals surface area (Å²) in [4.78, 5) is 35.9. The van der Waals surface area contributed by atoms with Crippen molar-refractivity contribution in [2.24, 2.45) is 14.1 Å². The fourth-order valence-electron chi connectivity index (χ4n) is 3.05. The zero-order valence-corrected chi connectivity index (χ0v) is 15.6. The number of nitrogens with one attached hydrogen (secondary N) is 1. The standard InChI is InChI=1S/C19H20N6O3/c1-23-17-15(18(26)24(2)19(23)27)21-16(22-17)13-5-3-6-14(11-13)28-10-4-8-25-9-7-20-12-25/h3,5-7,9,11-12H,4,8,10H2,1-2H3,(H,21,22). The number of aromatic amines is 1. The molecular formula is C19H20N6O3. The Balaban J connectivity index is 1.56. The van der Waals surface area contributed by atoms with Crippen molar-refractivity contribution in [2.75, 3.05) is 6.61 Å². The predicted molar refractivity (Wildman–Crippen MR) is 104 cm³/mol. The van der Waals surface area contributed by atoms with Gasteiger partial charge in [0.1, 0.15) is 17.1 Å². The van der Waals surface area contributed by atoms with E-state index < -0.39 is 11.2 Å². The molecule has 0 unspecified atom stereocenters. The third-order valence-corrected chi connectivity index (χ3v) is 4.59. The molecule has 0 saturated carbocycles. The van der Waals surface area contributed by atoms with E-state index in [4.69, 9.17) is 4.74 Å². The Morgan fingerprint density at radius 3 is 2.82 bits per heavy atom. The maximum Gasteiger partial charge on any atom is 0.332 e. The van der Waals surface area contributed by atoms with Gasteiger partial charge >= 0.3 is 5.69 Å². The molecule has 1 aromatic carbocycles. The Hall–Kier alpha value is -3.62. The number of hydrogen-bond acceptors (Lipinski definition) is 5. The van der Waals surface area contributed by atoms with Crippen molar-refractivity contribution in [1.29, 1.82) is 0 Å². The van der Waals surface area contributed by atoms with Crippen LogP contribution in [0.5, 0.6) is 5.75 Å². The van der Waals surface area contributed by atoms with Crippen molar-refractivity contribution in [2.45, 2.75) is 13.0 Å². The number of nitrogens with zero attached hydrogens (tertiary/aromatic N) is 5. The Kier molecular flexibility index (Phi) is 4.56. The van der Waals surface area contributed by atoms with Crippen LogP contribution in [0, 0.1) is 0 Å². The summed E-state index contributed by atoms with van der Waals surface area (Å²) in [5.74, 6) is 1.22. The number of rotatable bonds is 6. The zero-order valence-electron chi connectivity index (χ0n) is 15.6. The molecule has 0 aliphatic heterocycles. The number of fused-ring (bicyclic) bond motifs is 1. The van der Waals surface area contributed by atoms with Crippen molar-refractivity contribution in [3.63, 3.8) is 0 Å². The first-order valence-corrected chi connectivity index (χ1v) is 8.89. The van der Waals surface area contributed by atoms with Crippen molar-refractivity contribution < 1.29 is 4.74 Å². The lowest BCUT2D eigenvalue weighted by Crippen LogP contribution is -2.36. The Morgan fingerprint density at radius 1 is 1.18 bits per heavy atom. The number of ether oxygens (including phenoxy) is 1. The van der Waals surface area contributed by atoms with E-state index in [2.05, 4.69) is 15.0 Å². The van der Waals surface area contributed by atoms with Crippen molar-refractivity contribution in [3.05, 3.63) is 63.8 Å². The van der Waals surface area contributed by atoms with Crippen LogP contribution in [0.25, 0.3) is 22.6 Å². The zero-order chi connectivity index (χ0) is 19.7. The second-order valence-corrected chi connectivity index (χ2v) is 6.52. The van der Waals surface area contributed by atoms with Gasteiger partial charge in [0.25, 0.3) is 5.56 Å². The molecule has 0 aliphatic carbocycles. The van der Waals surface area contributed by atoms with E-state index in [-0.39, 0.29) is 0 Å². The minimum Gasteiger partial charge on any atom is -0.494 e. The number of H-pyrrole nitrogens is 1. The smallest absolute Gasteiger partial charge is 0.332 e. The summed E-state index contributed by atoms with van der Waals surface area (Å²) in [5.41, 5.74) is 0.591. The average molecular weight is 380 g/mol. The van der Waals surface area contributed by atoms with Gasteiger partial charge in [-0.25, -0.2) is 14.8 Å². The first kappa shape index (κ1) is 17.8. The molecule has 0 spiro atoms. The molecule has 0 saturated heterocycles. The molecule has 0 radical (unpaired) electrons. The van der Waals surface area contributed by atoms with Crippen LogP contribution in [0.4, 0.5) is 0 Å². The molecule has 9 nitrogen and oxygen atoms in total. The predicted octanol–water partition coefficient (Wildman–Crippen LogP) is 1.29. The highest BCUT2D eigenvalue weighted by molar-refractivity contribution is 5.75. The fourth-order valence-corrected chi connectivity index (χ4v) is 3.05. The number of hydrogen-bond donors (Lipinski definition) is 1. The van der Waals surface area contributed by atoms with E-state index in [1.807, 2.05) is 35.0 Å². The van der Waals surface area contributed by atoms with Crippen LogP contribution in [0.2, 0.25) is 0 Å². The van der Waals surface area contributed by atoms with Gasteiger partial charge in [0.15, 0.2) is 5.65 Å². The second-order valence-electron chi connectivity index (χ2n) is 6.52. The molecule has 0 bridgehead atoms. The van der Waals surface area contributed by atoms with Crippen LogP contribution in [0.1, 0.15) is 6.42 Å². The molecule has 28 heavy (non-hydrogen) atoms. The highest BCUT2D eigenvalue weighted by atomic mass is 16.5. The quantitative estimate of drug-likeness (QED) is 0.508. The molecule has 1 N–H and O–H groups in total. The highest BCUT2D eigenvalue weighted by Gasteiger charge is 2.14. The van der Waals surface area contributed by atoms with Gasteiger partial charge in [0, 0.05) is 38.6 Å². The first-order valence-electron chi connectivity index (χ1n) is 8.89. The summed E-state index contributed by atoms with van der Waals surface area (Å²) >= 11 is 0. The molecule has 9 heteroatoms. The van der Waals surface area contributed by atoms with Gasteiger partial charge in [-0.3, -0.25) is 13.9 Å². The Bertz CT molecular complexity index is 1230. The number of benzene rings is 1. The van der Waals surface area contributed by atoms with E-state index in [1.165, 1.54) is 11.6 Å². The minimum atomic E-state index is -0.412. The molecule has 4 aromatic rings. The summed E-state index contributed by atoms with van der Waals surface area (Å²) in [6.07, 6.45) is 6.30. The Labute approximate surface area is 159 Å². The van der Waals surface area contributed by atoms with Crippen molar-refractivity contribution >= 4 is 11.2 Å². The van der Waals surface area contributed by atoms with E-state index in [1.54, 1.807) is 19.6 Å². The van der Waals surface area contributed by atoms with Gasteiger partial charge in [0.2, 0.25) is 0 Å². The molecule has 3 heterocycles. The molecular weight excluding hydrogens is 360 g/mol. The van der Waals surface area contributed by atoms with Crippen LogP contribution in [-0.2, 0) is 20.6 Å². The highest BCUT2D eigenvalue weighted by Crippen LogP contribution is 2.23. The topological polar surface area (TPSA) is 99.7 Å². The van der Waals surface area contributed by atoms with Crippen LogP contribution in [0.3, 0.4) is 0 Å². The second kappa shape index (κ2) is 7.18. The maximum absolute atomic E-state index is 12.3. The van der Waals surface area contributed by atoms with Crippen LogP contribution < -0.4 is 16.0 Å². The first-order chi connectivity index (χ1) is 13.5. The fraction of sp³-hybridized carbons (Fsp3) is 0.263. The SMILES string of the molecule is Cn1c(=O)c2[nH]c(-c3cccc(OCCCn4ccnc4)c3)nc2n(C)c1=O. The van der Waals surface area contributed by atoms with E-state index >= 15 is 0 Å². The lowest BCUT2D eigenvalue weighted by atomic mass is 10.2. The number of aryl methyl sites for hydroxylation is 2. The molecule has 0 atom stereocenters. The average Bonchev–Trinajstić information content (AvgIpc) is 3.38. The van der Waals surface area contributed by atoms with Gasteiger partial charge in [0.05, 0.1) is 12.9 Å². The van der Waals surface area contributed by atoms with Gasteiger partial charge in [-0.05, 0) is 18.6 Å². The monoisotopic (exact) mass is 380 g/mol. The number of imidazole rings is 2. The van der Waals surface area contributed by atoms with Gasteiger partial charge in [-0.1, -0.05) is 12.1 Å². The third-order valence-electron chi connectivity index (χ3n) is 4.59. The largest absolute Gasteiger partial charge is 0.494 e. The van der Waals surface area contributed by atoms with Gasteiger partial charge in [-0.2, -0.15) is 0 Å². The van der Waals surface area contributed by atoms with E-state index in [9.17, 15) is 9.59 Å². The molecule has 0 fully saturated rings. The van der Waals surface area contributed by atoms with E-state index in [0.717, 1.165) is 23.1 Å². The van der Waals surface area contributed by atoms with E-state index in [0.29, 0.717) is 29.3 Å². The van der Waals surface area contributed by atoms with Crippen LogP contribution in [0.15, 0.2) is 52.6 Å².